The summed E-state index contributed by atoms with van der Waals surface area (Å²) in [7, 11) is 0. The minimum atomic E-state index is -1.16. The Morgan fingerprint density at radius 1 is 1.17 bits per heavy atom. The van der Waals surface area contributed by atoms with E-state index < -0.39 is 34.5 Å². The molecule has 2 amide bonds. The molecule has 0 bridgehead atoms. The Bertz CT molecular complexity index is 689. The molecule has 0 aromatic heterocycles. The number of carboxylic acid groups (broad SMARTS) is 1. The van der Waals surface area contributed by atoms with Crippen LogP contribution in [-0.4, -0.2) is 17.8 Å². The third-order valence-electron chi connectivity index (χ3n) is 5.41. The molecule has 1 aliphatic rings. The first-order valence-corrected chi connectivity index (χ1v) is 8.05. The second-order valence-electron chi connectivity index (χ2n) is 6.86. The number of nitrogens with one attached hydrogen (secondary N) is 2. The van der Waals surface area contributed by atoms with Crippen LogP contribution in [0.5, 0.6) is 0 Å². The number of benzene rings is 1. The van der Waals surface area contributed by atoms with Crippen LogP contribution in [0.1, 0.15) is 44.0 Å². The van der Waals surface area contributed by atoms with Crippen LogP contribution >= 0.6 is 11.6 Å². The molecule has 0 saturated heterocycles. The van der Waals surface area contributed by atoms with Gasteiger partial charge in [0.2, 0.25) is 5.91 Å². The van der Waals surface area contributed by atoms with Crippen LogP contribution < -0.4 is 16.0 Å². The summed E-state index contributed by atoms with van der Waals surface area (Å²) in [6, 6.07) is 6.47. The molecule has 1 saturated carbocycles. The Balaban J connectivity index is 2.05. The van der Waals surface area contributed by atoms with Crippen molar-refractivity contribution < 1.29 is 19.5 Å². The van der Waals surface area contributed by atoms with Crippen molar-refractivity contribution in [1.29, 1.82) is 0 Å². The number of hydrogen-bond acceptors (Lipinski definition) is 4. The molecule has 24 heavy (non-hydrogen) atoms. The Hall–Kier alpha value is -2.08. The zero-order chi connectivity index (χ0) is 18.1. The first kappa shape index (κ1) is 18.3. The van der Waals surface area contributed by atoms with E-state index in [4.69, 9.17) is 11.6 Å². The number of carboxylic acids is 1. The fraction of sp³-hybridized carbons (Fsp3) is 0.471. The fourth-order valence-corrected chi connectivity index (χ4v) is 3.46. The molecule has 1 fully saturated rings. The molecule has 6 nitrogen and oxygen atoms in total. The standard InChI is InChI=1S/C17H21ClN2O4/c1-16(2)11(8-9-17(16,3)15(23)24)14(22)20-19-13(21)10-6-4-5-7-12(10)18/h4-7,11H,8-9H2,1-3H3,(H,19,21)(H,20,22)(H,23,24)/p-1/t11-,17-/m0/s1. The van der Waals surface area contributed by atoms with Crippen LogP contribution in [0.15, 0.2) is 24.3 Å². The lowest BCUT2D eigenvalue weighted by Gasteiger charge is -2.41. The van der Waals surface area contributed by atoms with Gasteiger partial charge >= 0.3 is 0 Å². The molecule has 0 unspecified atom stereocenters. The Morgan fingerprint density at radius 2 is 1.79 bits per heavy atom. The number of rotatable bonds is 3. The van der Waals surface area contributed by atoms with E-state index in [2.05, 4.69) is 10.9 Å². The van der Waals surface area contributed by atoms with Gasteiger partial charge in [0.25, 0.3) is 5.91 Å². The van der Waals surface area contributed by atoms with E-state index in [0.29, 0.717) is 12.8 Å². The first-order chi connectivity index (χ1) is 11.1. The molecule has 1 aromatic rings. The maximum absolute atomic E-state index is 12.4. The van der Waals surface area contributed by atoms with E-state index in [1.54, 1.807) is 39.0 Å². The molecule has 2 N–H and O–H groups in total. The smallest absolute Gasteiger partial charge is 0.271 e. The van der Waals surface area contributed by atoms with E-state index in [1.807, 2.05) is 0 Å². The lowest BCUT2D eigenvalue weighted by molar-refractivity contribution is -0.323. The van der Waals surface area contributed by atoms with E-state index in [9.17, 15) is 19.5 Å². The van der Waals surface area contributed by atoms with Crippen molar-refractivity contribution in [3.05, 3.63) is 34.9 Å². The van der Waals surface area contributed by atoms with E-state index >= 15 is 0 Å². The van der Waals surface area contributed by atoms with Gasteiger partial charge in [-0.05, 0) is 30.4 Å². The molecule has 1 aliphatic carbocycles. The Labute approximate surface area is 145 Å². The number of hydrazine groups is 1. The molecule has 0 aliphatic heterocycles. The van der Waals surface area contributed by atoms with E-state index in [-0.39, 0.29) is 10.6 Å². The van der Waals surface area contributed by atoms with Crippen LogP contribution in [-0.2, 0) is 9.59 Å². The third-order valence-corrected chi connectivity index (χ3v) is 5.74. The van der Waals surface area contributed by atoms with Gasteiger partial charge in [0, 0.05) is 17.3 Å². The highest BCUT2D eigenvalue weighted by Gasteiger charge is 2.54. The molecular formula is C17H20ClN2O4-. The van der Waals surface area contributed by atoms with Crippen molar-refractivity contribution in [2.45, 2.75) is 33.6 Å². The Kier molecular flexibility index (Phi) is 4.90. The summed E-state index contributed by atoms with van der Waals surface area (Å²) >= 11 is 5.93. The number of amides is 2. The van der Waals surface area contributed by atoms with Crippen LogP contribution in [0.2, 0.25) is 5.02 Å². The second-order valence-corrected chi connectivity index (χ2v) is 7.26. The maximum Gasteiger partial charge on any atom is 0.271 e. The number of carbonyl (C=O) groups excluding carboxylic acids is 3. The number of halogens is 1. The third kappa shape index (κ3) is 2.98. The lowest BCUT2D eigenvalue weighted by atomic mass is 9.65. The minimum Gasteiger partial charge on any atom is -0.550 e. The van der Waals surface area contributed by atoms with E-state index in [0.717, 1.165) is 0 Å². The van der Waals surface area contributed by atoms with Gasteiger partial charge in [-0.2, -0.15) is 0 Å². The molecule has 0 spiro atoms. The van der Waals surface area contributed by atoms with Gasteiger partial charge in [-0.15, -0.1) is 0 Å². The lowest BCUT2D eigenvalue weighted by Crippen LogP contribution is -2.52. The van der Waals surface area contributed by atoms with Gasteiger partial charge < -0.3 is 9.90 Å². The topological polar surface area (TPSA) is 98.3 Å². The van der Waals surface area contributed by atoms with Crippen LogP contribution in [0.4, 0.5) is 0 Å². The van der Waals surface area contributed by atoms with E-state index in [1.165, 1.54) is 6.07 Å². The van der Waals surface area contributed by atoms with Gasteiger partial charge in [-0.1, -0.05) is 44.5 Å². The second kappa shape index (κ2) is 6.43. The van der Waals surface area contributed by atoms with Crippen LogP contribution in [0, 0.1) is 16.7 Å². The van der Waals surface area contributed by atoms with Crippen LogP contribution in [0.25, 0.3) is 0 Å². The summed E-state index contributed by atoms with van der Waals surface area (Å²) in [6.45, 7) is 5.06. The van der Waals surface area contributed by atoms with Gasteiger partial charge in [-0.25, -0.2) is 0 Å². The average molecular weight is 352 g/mol. The fourth-order valence-electron chi connectivity index (χ4n) is 3.24. The monoisotopic (exact) mass is 351 g/mol. The largest absolute Gasteiger partial charge is 0.550 e. The van der Waals surface area contributed by atoms with Crippen molar-refractivity contribution in [1.82, 2.24) is 10.9 Å². The van der Waals surface area contributed by atoms with Crippen molar-refractivity contribution in [3.63, 3.8) is 0 Å². The average Bonchev–Trinajstić information content (AvgIpc) is 2.76. The molecule has 7 heteroatoms. The summed E-state index contributed by atoms with van der Waals surface area (Å²) in [4.78, 5) is 36.0. The molecule has 0 heterocycles. The Morgan fingerprint density at radius 3 is 2.33 bits per heavy atom. The van der Waals surface area contributed by atoms with Crippen LogP contribution in [0.3, 0.4) is 0 Å². The van der Waals surface area contributed by atoms with Crippen molar-refractivity contribution >= 4 is 29.4 Å². The minimum absolute atomic E-state index is 0.240. The van der Waals surface area contributed by atoms with Gasteiger partial charge in [0.05, 0.1) is 10.6 Å². The SMILES string of the molecule is CC1(C)[C@H](C(=O)NNC(=O)c2ccccc2Cl)CC[C@@]1(C)C(=O)[O-]. The van der Waals surface area contributed by atoms with Crippen molar-refractivity contribution in [3.8, 4) is 0 Å². The summed E-state index contributed by atoms with van der Waals surface area (Å²) in [6.07, 6.45) is 0.754. The summed E-state index contributed by atoms with van der Waals surface area (Å²) < 4.78 is 0. The van der Waals surface area contributed by atoms with Gasteiger partial charge in [0.1, 0.15) is 0 Å². The molecule has 0 radical (unpaired) electrons. The number of aliphatic carboxylic acids is 1. The highest BCUT2D eigenvalue weighted by atomic mass is 35.5. The van der Waals surface area contributed by atoms with Crippen molar-refractivity contribution in [2.75, 3.05) is 0 Å². The highest BCUT2D eigenvalue weighted by Crippen LogP contribution is 2.55. The predicted octanol–water partition coefficient (Wildman–Crippen LogP) is 1.29. The predicted molar refractivity (Wildman–Crippen MR) is 86.7 cm³/mol. The number of hydrogen-bond donors (Lipinski definition) is 2. The summed E-state index contributed by atoms with van der Waals surface area (Å²) in [5.74, 6) is -2.67. The zero-order valence-corrected chi connectivity index (χ0v) is 14.6. The highest BCUT2D eigenvalue weighted by molar-refractivity contribution is 6.33. The molecule has 2 atom stereocenters. The molecule has 130 valence electrons. The zero-order valence-electron chi connectivity index (χ0n) is 13.8. The molecular weight excluding hydrogens is 332 g/mol. The molecule has 1 aromatic carbocycles. The quantitative estimate of drug-likeness (QED) is 0.802. The summed E-state index contributed by atoms with van der Waals surface area (Å²) in [5.41, 5.74) is 3.04. The first-order valence-electron chi connectivity index (χ1n) is 7.67. The van der Waals surface area contributed by atoms with Gasteiger partial charge in [-0.3, -0.25) is 20.4 Å². The van der Waals surface area contributed by atoms with Crippen molar-refractivity contribution in [2.24, 2.45) is 16.7 Å². The number of carbonyl (C=O) groups is 3. The summed E-state index contributed by atoms with van der Waals surface area (Å²) in [5, 5.41) is 11.7. The van der Waals surface area contributed by atoms with Gasteiger partial charge in [0.15, 0.2) is 0 Å². The maximum atomic E-state index is 12.4. The molecule has 2 rings (SSSR count). The normalized spacial score (nSPS) is 25.1.